The maximum Gasteiger partial charge on any atom is 0.300 e. The summed E-state index contributed by atoms with van der Waals surface area (Å²) in [5, 5.41) is 2.56. The molecule has 0 aliphatic carbocycles. The number of rotatable bonds is 3. The van der Waals surface area contributed by atoms with Crippen LogP contribution in [0.2, 0.25) is 0 Å². The fraction of sp³-hybridized carbons (Fsp3) is 0.333. The van der Waals surface area contributed by atoms with E-state index in [-0.39, 0.29) is 12.5 Å². The zero-order chi connectivity index (χ0) is 10.4. The van der Waals surface area contributed by atoms with Crippen LogP contribution in [0.3, 0.4) is 0 Å². The summed E-state index contributed by atoms with van der Waals surface area (Å²) in [7, 11) is 0. The predicted octanol–water partition coefficient (Wildman–Crippen LogP) is 0.321. The van der Waals surface area contributed by atoms with E-state index in [0.29, 0.717) is 12.2 Å². The van der Waals surface area contributed by atoms with Crippen molar-refractivity contribution < 1.29 is 4.79 Å². The zero-order valence-corrected chi connectivity index (χ0v) is 7.82. The maximum atomic E-state index is 10.9. The second-order valence-corrected chi connectivity index (χ2v) is 2.74. The van der Waals surface area contributed by atoms with Gasteiger partial charge in [0.1, 0.15) is 0 Å². The molecule has 1 rings (SSSR count). The van der Waals surface area contributed by atoms with Crippen molar-refractivity contribution >= 4 is 5.91 Å². The van der Waals surface area contributed by atoms with Gasteiger partial charge in [-0.15, -0.1) is 0 Å². The number of carbonyl (C=O) groups excluding carboxylic acids is 1. The van der Waals surface area contributed by atoms with E-state index in [9.17, 15) is 4.79 Å². The molecule has 1 aromatic heterocycles. The molecule has 0 radical (unpaired) electrons. The minimum absolute atomic E-state index is 0.140. The van der Waals surface area contributed by atoms with Crippen molar-refractivity contribution in [3.8, 4) is 0 Å². The summed E-state index contributed by atoms with van der Waals surface area (Å²) in [5.74, 6) is -0.289. The van der Waals surface area contributed by atoms with Gasteiger partial charge in [-0.2, -0.15) is 0 Å². The fourth-order valence-corrected chi connectivity index (χ4v) is 0.827. The van der Waals surface area contributed by atoms with E-state index in [1.54, 1.807) is 12.4 Å². The lowest BCUT2D eigenvalue weighted by Gasteiger charge is -2.00. The molecule has 72 valence electrons. The minimum Gasteiger partial charge on any atom is -0.344 e. The van der Waals surface area contributed by atoms with Gasteiger partial charge in [-0.25, -0.2) is 6.57 Å². The molecule has 0 saturated carbocycles. The summed E-state index contributed by atoms with van der Waals surface area (Å²) >= 11 is 0. The molecule has 0 aliphatic heterocycles. The highest BCUT2D eigenvalue weighted by atomic mass is 16.1. The first-order chi connectivity index (χ1) is 6.72. The number of hydrogen-bond acceptors (Lipinski definition) is 3. The smallest absolute Gasteiger partial charge is 0.300 e. The molecule has 1 aromatic rings. The molecule has 14 heavy (non-hydrogen) atoms. The fourth-order valence-electron chi connectivity index (χ4n) is 0.827. The van der Waals surface area contributed by atoms with E-state index < -0.39 is 0 Å². The largest absolute Gasteiger partial charge is 0.344 e. The van der Waals surface area contributed by atoms with Crippen molar-refractivity contribution in [2.75, 3.05) is 6.54 Å². The SMILES string of the molecule is [C-]#[N+]CC(=O)NCc1cnc(C)cn1. The van der Waals surface area contributed by atoms with E-state index in [1.807, 2.05) is 6.92 Å². The van der Waals surface area contributed by atoms with Crippen LogP contribution < -0.4 is 5.32 Å². The van der Waals surface area contributed by atoms with Crippen LogP contribution in [0.15, 0.2) is 12.4 Å². The minimum atomic E-state index is -0.289. The van der Waals surface area contributed by atoms with Gasteiger partial charge in [-0.3, -0.25) is 14.8 Å². The van der Waals surface area contributed by atoms with Crippen molar-refractivity contribution in [3.05, 3.63) is 35.2 Å². The average Bonchev–Trinajstić information content (AvgIpc) is 2.17. The number of hydrogen-bond donors (Lipinski definition) is 1. The maximum absolute atomic E-state index is 10.9. The second-order valence-electron chi connectivity index (χ2n) is 2.74. The monoisotopic (exact) mass is 190 g/mol. The molecule has 1 N–H and O–H groups in total. The normalized spacial score (nSPS) is 9.14. The summed E-state index contributed by atoms with van der Waals surface area (Å²) < 4.78 is 0. The van der Waals surface area contributed by atoms with E-state index in [2.05, 4.69) is 20.1 Å². The van der Waals surface area contributed by atoms with Crippen LogP contribution >= 0.6 is 0 Å². The summed E-state index contributed by atoms with van der Waals surface area (Å²) in [6.07, 6.45) is 3.24. The first-order valence-corrected chi connectivity index (χ1v) is 4.10. The Hall–Kier alpha value is -1.96. The molecule has 0 bridgehead atoms. The molecule has 0 unspecified atom stereocenters. The lowest BCUT2D eigenvalue weighted by atomic mass is 10.4. The van der Waals surface area contributed by atoms with Gasteiger partial charge in [0, 0.05) is 6.20 Å². The molecule has 1 amide bonds. The first kappa shape index (κ1) is 10.1. The Morgan fingerprint density at radius 1 is 1.57 bits per heavy atom. The number of amides is 1. The summed E-state index contributed by atoms with van der Waals surface area (Å²) in [6, 6.07) is 0. The lowest BCUT2D eigenvalue weighted by Crippen LogP contribution is -2.25. The van der Waals surface area contributed by atoms with Crippen LogP contribution in [0.5, 0.6) is 0 Å². The van der Waals surface area contributed by atoms with Crippen molar-refractivity contribution in [1.82, 2.24) is 15.3 Å². The van der Waals surface area contributed by atoms with Crippen LogP contribution in [0.1, 0.15) is 11.4 Å². The average molecular weight is 190 g/mol. The van der Waals surface area contributed by atoms with E-state index >= 15 is 0 Å². The Labute approximate surface area is 82.0 Å². The third-order valence-corrected chi connectivity index (χ3v) is 1.52. The number of nitrogens with zero attached hydrogens (tertiary/aromatic N) is 3. The molecule has 0 spiro atoms. The molecular weight excluding hydrogens is 180 g/mol. The highest BCUT2D eigenvalue weighted by Gasteiger charge is 2.03. The molecule has 1 heterocycles. The van der Waals surface area contributed by atoms with Gasteiger partial charge in [0.25, 0.3) is 6.54 Å². The van der Waals surface area contributed by atoms with Crippen molar-refractivity contribution in [2.24, 2.45) is 0 Å². The molecule has 0 atom stereocenters. The lowest BCUT2D eigenvalue weighted by molar-refractivity contribution is -0.119. The number of aryl methyl sites for hydroxylation is 1. The summed E-state index contributed by atoms with van der Waals surface area (Å²) in [5.41, 5.74) is 1.52. The standard InChI is InChI=1S/C9H10N4O/c1-7-3-12-8(4-11-7)5-13-9(14)6-10-2/h3-4H,5-6H2,1H3,(H,13,14). The first-order valence-electron chi connectivity index (χ1n) is 4.10. The highest BCUT2D eigenvalue weighted by Crippen LogP contribution is 1.92. The van der Waals surface area contributed by atoms with Crippen molar-refractivity contribution in [3.63, 3.8) is 0 Å². The molecule has 0 saturated heterocycles. The van der Waals surface area contributed by atoms with Gasteiger partial charge in [-0.05, 0) is 6.92 Å². The van der Waals surface area contributed by atoms with Gasteiger partial charge in [0.05, 0.1) is 24.1 Å². The quantitative estimate of drug-likeness (QED) is 0.698. The molecule has 0 aliphatic rings. The molecule has 5 nitrogen and oxygen atoms in total. The highest BCUT2D eigenvalue weighted by molar-refractivity contribution is 5.79. The van der Waals surface area contributed by atoms with Crippen LogP contribution in [0.4, 0.5) is 0 Å². The van der Waals surface area contributed by atoms with E-state index in [1.165, 1.54) is 0 Å². The molecule has 0 aromatic carbocycles. The predicted molar refractivity (Wildman–Crippen MR) is 50.1 cm³/mol. The number of aromatic nitrogens is 2. The number of nitrogens with one attached hydrogen (secondary N) is 1. The summed E-state index contributed by atoms with van der Waals surface area (Å²) in [6.45, 7) is 8.50. The molecular formula is C9H10N4O. The van der Waals surface area contributed by atoms with Crippen molar-refractivity contribution in [1.29, 1.82) is 0 Å². The van der Waals surface area contributed by atoms with Crippen LogP contribution in [0, 0.1) is 13.5 Å². The topological polar surface area (TPSA) is 59.2 Å². The van der Waals surface area contributed by atoms with Crippen LogP contribution in [-0.2, 0) is 11.3 Å². The van der Waals surface area contributed by atoms with Gasteiger partial charge in [-0.1, -0.05) is 0 Å². The number of carbonyl (C=O) groups is 1. The third kappa shape index (κ3) is 3.19. The van der Waals surface area contributed by atoms with Crippen molar-refractivity contribution in [2.45, 2.75) is 13.5 Å². The summed E-state index contributed by atoms with van der Waals surface area (Å²) in [4.78, 5) is 22.0. The van der Waals surface area contributed by atoms with Gasteiger partial charge >= 0.3 is 5.91 Å². The van der Waals surface area contributed by atoms with Gasteiger partial charge in [0.15, 0.2) is 0 Å². The van der Waals surface area contributed by atoms with E-state index in [4.69, 9.17) is 6.57 Å². The second kappa shape index (κ2) is 4.92. The molecule has 0 fully saturated rings. The van der Waals surface area contributed by atoms with Crippen LogP contribution in [0.25, 0.3) is 4.85 Å². The van der Waals surface area contributed by atoms with Gasteiger partial charge in [0.2, 0.25) is 0 Å². The Morgan fingerprint density at radius 3 is 2.93 bits per heavy atom. The van der Waals surface area contributed by atoms with Gasteiger partial charge < -0.3 is 10.2 Å². The Balaban J connectivity index is 2.43. The van der Waals surface area contributed by atoms with E-state index in [0.717, 1.165) is 5.69 Å². The molecule has 5 heteroatoms. The zero-order valence-electron chi connectivity index (χ0n) is 7.82. The Kier molecular flexibility index (Phi) is 3.56. The van der Waals surface area contributed by atoms with Crippen LogP contribution in [-0.4, -0.2) is 22.4 Å². The Bertz CT molecular complexity index is 352. The Morgan fingerprint density at radius 2 is 2.36 bits per heavy atom. The third-order valence-electron chi connectivity index (χ3n) is 1.52.